The van der Waals surface area contributed by atoms with E-state index in [0.717, 1.165) is 27.5 Å². The zero-order chi connectivity index (χ0) is 19.2. The molecule has 0 saturated carbocycles. The van der Waals surface area contributed by atoms with Gasteiger partial charge >= 0.3 is 0 Å². The summed E-state index contributed by atoms with van der Waals surface area (Å²) in [5, 5.41) is 5.98. The molecule has 2 aromatic carbocycles. The van der Waals surface area contributed by atoms with Gasteiger partial charge in [0.25, 0.3) is 5.91 Å². The number of nitrogens with zero attached hydrogens (tertiary/aromatic N) is 1. The third kappa shape index (κ3) is 4.72. The van der Waals surface area contributed by atoms with Crippen LogP contribution in [0.25, 0.3) is 11.3 Å². The maximum atomic E-state index is 12.6. The number of thiazole rings is 1. The minimum absolute atomic E-state index is 0.173. The number of aryl methyl sites for hydroxylation is 1. The second kappa shape index (κ2) is 8.79. The van der Waals surface area contributed by atoms with Crippen LogP contribution in [-0.2, 0) is 11.3 Å². The van der Waals surface area contributed by atoms with Gasteiger partial charge in [-0.15, -0.1) is 11.3 Å². The molecular formula is C21H22N2O3S. The fourth-order valence-corrected chi connectivity index (χ4v) is 3.29. The van der Waals surface area contributed by atoms with E-state index in [1.807, 2.05) is 43.5 Å². The van der Waals surface area contributed by atoms with Crippen molar-refractivity contribution in [3.63, 3.8) is 0 Å². The van der Waals surface area contributed by atoms with Gasteiger partial charge in [0.05, 0.1) is 24.4 Å². The Morgan fingerprint density at radius 3 is 2.59 bits per heavy atom. The molecule has 1 aromatic heterocycles. The summed E-state index contributed by atoms with van der Waals surface area (Å²) in [5.74, 6) is 0.538. The smallest absolute Gasteiger partial charge is 0.255 e. The standard InChI is InChI=1S/C21H22N2O3S/c1-4-26-12-17-11-16(7-10-20(17)25-3)21(24)23-18-8-5-15(6-9-18)19-13-27-14(2)22-19/h5-11,13H,4,12H2,1-3H3,(H,23,24). The molecule has 0 aliphatic heterocycles. The van der Waals surface area contributed by atoms with E-state index in [-0.39, 0.29) is 5.91 Å². The van der Waals surface area contributed by atoms with Crippen molar-refractivity contribution in [2.75, 3.05) is 19.0 Å². The maximum Gasteiger partial charge on any atom is 0.255 e. The van der Waals surface area contributed by atoms with E-state index < -0.39 is 0 Å². The predicted octanol–water partition coefficient (Wildman–Crippen LogP) is 4.92. The molecule has 140 valence electrons. The highest BCUT2D eigenvalue weighted by molar-refractivity contribution is 7.09. The zero-order valence-corrected chi connectivity index (χ0v) is 16.4. The molecule has 3 rings (SSSR count). The highest BCUT2D eigenvalue weighted by atomic mass is 32.1. The molecule has 1 N–H and O–H groups in total. The van der Waals surface area contributed by atoms with Gasteiger partial charge in [0, 0.05) is 34.4 Å². The Kier molecular flexibility index (Phi) is 6.21. The number of nitrogens with one attached hydrogen (secondary N) is 1. The van der Waals surface area contributed by atoms with Crippen molar-refractivity contribution >= 4 is 22.9 Å². The van der Waals surface area contributed by atoms with Crippen LogP contribution in [0.15, 0.2) is 47.8 Å². The number of anilines is 1. The number of hydrogen-bond acceptors (Lipinski definition) is 5. The number of amides is 1. The number of rotatable bonds is 7. The first-order valence-electron chi connectivity index (χ1n) is 8.69. The molecule has 0 fully saturated rings. The number of methoxy groups -OCH3 is 1. The number of aromatic nitrogens is 1. The minimum Gasteiger partial charge on any atom is -0.496 e. The third-order valence-corrected chi connectivity index (χ3v) is 4.84. The van der Waals surface area contributed by atoms with Crippen LogP contribution in [-0.4, -0.2) is 24.6 Å². The molecule has 1 amide bonds. The van der Waals surface area contributed by atoms with Gasteiger partial charge in [-0.25, -0.2) is 4.98 Å². The molecule has 0 aliphatic rings. The van der Waals surface area contributed by atoms with Crippen molar-refractivity contribution in [3.05, 3.63) is 64.0 Å². The lowest BCUT2D eigenvalue weighted by molar-refractivity contribution is 0.102. The molecule has 0 spiro atoms. The molecule has 3 aromatic rings. The number of benzene rings is 2. The van der Waals surface area contributed by atoms with Crippen LogP contribution in [0.4, 0.5) is 5.69 Å². The van der Waals surface area contributed by atoms with E-state index in [0.29, 0.717) is 24.5 Å². The topological polar surface area (TPSA) is 60.5 Å². The fraction of sp³-hybridized carbons (Fsp3) is 0.238. The van der Waals surface area contributed by atoms with Crippen LogP contribution in [0, 0.1) is 6.92 Å². The van der Waals surface area contributed by atoms with Crippen LogP contribution in [0.5, 0.6) is 5.75 Å². The Bertz CT molecular complexity index is 919. The monoisotopic (exact) mass is 382 g/mol. The quantitative estimate of drug-likeness (QED) is 0.630. The minimum atomic E-state index is -0.173. The van der Waals surface area contributed by atoms with Crippen molar-refractivity contribution in [2.24, 2.45) is 0 Å². The first kappa shape index (κ1) is 19.1. The summed E-state index contributed by atoms with van der Waals surface area (Å²) in [6, 6.07) is 13.0. The Morgan fingerprint density at radius 1 is 1.19 bits per heavy atom. The molecule has 0 unspecified atom stereocenters. The molecule has 6 heteroatoms. The number of ether oxygens (including phenoxy) is 2. The first-order valence-corrected chi connectivity index (χ1v) is 9.57. The van der Waals surface area contributed by atoms with Gasteiger partial charge < -0.3 is 14.8 Å². The van der Waals surface area contributed by atoms with Crippen LogP contribution in [0.2, 0.25) is 0 Å². The maximum absolute atomic E-state index is 12.6. The second-order valence-corrected chi connectivity index (χ2v) is 7.01. The summed E-state index contributed by atoms with van der Waals surface area (Å²) < 4.78 is 10.8. The van der Waals surface area contributed by atoms with Gasteiger partial charge in [-0.1, -0.05) is 12.1 Å². The summed E-state index contributed by atoms with van der Waals surface area (Å²) in [6.07, 6.45) is 0. The van der Waals surface area contributed by atoms with E-state index in [4.69, 9.17) is 9.47 Å². The van der Waals surface area contributed by atoms with Crippen molar-refractivity contribution in [3.8, 4) is 17.0 Å². The van der Waals surface area contributed by atoms with E-state index in [2.05, 4.69) is 10.3 Å². The molecule has 1 heterocycles. The lowest BCUT2D eigenvalue weighted by Gasteiger charge is -2.11. The normalized spacial score (nSPS) is 10.6. The van der Waals surface area contributed by atoms with Crippen molar-refractivity contribution in [1.29, 1.82) is 0 Å². The van der Waals surface area contributed by atoms with E-state index in [1.54, 1.807) is 36.6 Å². The van der Waals surface area contributed by atoms with Gasteiger partial charge in [-0.3, -0.25) is 4.79 Å². The molecule has 0 radical (unpaired) electrons. The molecule has 0 aliphatic carbocycles. The van der Waals surface area contributed by atoms with Crippen LogP contribution >= 0.6 is 11.3 Å². The summed E-state index contributed by atoms with van der Waals surface area (Å²) in [4.78, 5) is 17.1. The Balaban J connectivity index is 1.73. The van der Waals surface area contributed by atoms with E-state index in [1.165, 1.54) is 0 Å². The van der Waals surface area contributed by atoms with Crippen molar-refractivity contribution in [2.45, 2.75) is 20.5 Å². The number of carbonyl (C=O) groups is 1. The van der Waals surface area contributed by atoms with Crippen molar-refractivity contribution in [1.82, 2.24) is 4.98 Å². The average molecular weight is 382 g/mol. The first-order chi connectivity index (χ1) is 13.1. The predicted molar refractivity (Wildman–Crippen MR) is 109 cm³/mol. The number of hydrogen-bond donors (Lipinski definition) is 1. The van der Waals surface area contributed by atoms with Crippen LogP contribution in [0.3, 0.4) is 0 Å². The van der Waals surface area contributed by atoms with E-state index >= 15 is 0 Å². The summed E-state index contributed by atoms with van der Waals surface area (Å²) in [7, 11) is 1.61. The number of carbonyl (C=O) groups excluding carboxylic acids is 1. The molecular weight excluding hydrogens is 360 g/mol. The third-order valence-electron chi connectivity index (χ3n) is 4.06. The van der Waals surface area contributed by atoms with Gasteiger partial charge in [0.1, 0.15) is 5.75 Å². The summed E-state index contributed by atoms with van der Waals surface area (Å²) in [5.41, 5.74) is 4.12. The lowest BCUT2D eigenvalue weighted by atomic mass is 10.1. The molecule has 5 nitrogen and oxygen atoms in total. The van der Waals surface area contributed by atoms with Gasteiger partial charge in [0.15, 0.2) is 0 Å². The molecule has 0 saturated heterocycles. The van der Waals surface area contributed by atoms with Crippen molar-refractivity contribution < 1.29 is 14.3 Å². The largest absolute Gasteiger partial charge is 0.496 e. The van der Waals surface area contributed by atoms with Crippen LogP contribution in [0.1, 0.15) is 27.9 Å². The Morgan fingerprint density at radius 2 is 1.96 bits per heavy atom. The highest BCUT2D eigenvalue weighted by Crippen LogP contribution is 2.24. The fourth-order valence-electron chi connectivity index (χ4n) is 2.67. The Hall–Kier alpha value is -2.70. The highest BCUT2D eigenvalue weighted by Gasteiger charge is 2.11. The Labute approximate surface area is 163 Å². The van der Waals surface area contributed by atoms with E-state index in [9.17, 15) is 4.79 Å². The van der Waals surface area contributed by atoms with Gasteiger partial charge in [0.2, 0.25) is 0 Å². The van der Waals surface area contributed by atoms with Gasteiger partial charge in [-0.2, -0.15) is 0 Å². The lowest BCUT2D eigenvalue weighted by Crippen LogP contribution is -2.12. The van der Waals surface area contributed by atoms with Gasteiger partial charge in [-0.05, 0) is 44.2 Å². The van der Waals surface area contributed by atoms with Crippen LogP contribution < -0.4 is 10.1 Å². The SMILES string of the molecule is CCOCc1cc(C(=O)Nc2ccc(-c3csc(C)n3)cc2)ccc1OC. The molecule has 27 heavy (non-hydrogen) atoms. The second-order valence-electron chi connectivity index (χ2n) is 5.95. The summed E-state index contributed by atoms with van der Waals surface area (Å²) >= 11 is 1.62. The molecule has 0 bridgehead atoms. The zero-order valence-electron chi connectivity index (χ0n) is 15.6. The summed E-state index contributed by atoms with van der Waals surface area (Å²) in [6.45, 7) is 4.92. The average Bonchev–Trinajstić information content (AvgIpc) is 3.13. The molecule has 0 atom stereocenters.